The summed E-state index contributed by atoms with van der Waals surface area (Å²) in [7, 11) is 0. The highest BCUT2D eigenvalue weighted by Gasteiger charge is 2.29. The number of benzene rings is 1. The van der Waals surface area contributed by atoms with Gasteiger partial charge in [-0.3, -0.25) is 9.59 Å². The number of carbonyl (C=O) groups is 3. The summed E-state index contributed by atoms with van der Waals surface area (Å²) in [5.74, 6) is 0.316. The third-order valence-electron chi connectivity index (χ3n) is 5.23. The molecule has 30 heavy (non-hydrogen) atoms. The molecule has 8 nitrogen and oxygen atoms in total. The van der Waals surface area contributed by atoms with E-state index in [1.54, 1.807) is 34.9 Å². The summed E-state index contributed by atoms with van der Waals surface area (Å²) in [5.41, 5.74) is 0.636. The van der Waals surface area contributed by atoms with Gasteiger partial charge in [0.05, 0.1) is 18.8 Å². The Labute approximate surface area is 181 Å². The van der Waals surface area contributed by atoms with Gasteiger partial charge in [0.25, 0.3) is 0 Å². The number of anilines is 1. The first-order valence-corrected chi connectivity index (χ1v) is 10.7. The smallest absolute Gasteiger partial charge is 0.409 e. The lowest BCUT2D eigenvalue weighted by molar-refractivity contribution is -0.126. The SMILES string of the molecule is CCOC(=O)N1CCC(NC(=O)CCC(=O)N2C[C@@H](C)Oc3ccc(Cl)cc32)CC1. The molecule has 2 heterocycles. The number of halogens is 1. The fourth-order valence-electron chi connectivity index (χ4n) is 3.72. The van der Waals surface area contributed by atoms with E-state index in [4.69, 9.17) is 21.1 Å². The monoisotopic (exact) mass is 437 g/mol. The van der Waals surface area contributed by atoms with Crippen LogP contribution in [-0.4, -0.2) is 61.2 Å². The zero-order valence-corrected chi connectivity index (χ0v) is 18.1. The van der Waals surface area contributed by atoms with Gasteiger partial charge in [0, 0.05) is 37.0 Å². The number of nitrogens with one attached hydrogen (secondary N) is 1. The predicted octanol–water partition coefficient (Wildman–Crippen LogP) is 2.97. The molecule has 3 rings (SSSR count). The maximum Gasteiger partial charge on any atom is 0.409 e. The van der Waals surface area contributed by atoms with Gasteiger partial charge in [-0.05, 0) is 44.9 Å². The van der Waals surface area contributed by atoms with Crippen molar-refractivity contribution in [3.8, 4) is 5.75 Å². The first-order valence-electron chi connectivity index (χ1n) is 10.3. The molecule has 0 spiro atoms. The Kier molecular flexibility index (Phi) is 7.42. The molecule has 0 bridgehead atoms. The van der Waals surface area contributed by atoms with E-state index in [0.29, 0.717) is 55.5 Å². The van der Waals surface area contributed by atoms with Crippen LogP contribution in [0.5, 0.6) is 5.75 Å². The Bertz CT molecular complexity index is 795. The van der Waals surface area contributed by atoms with Crippen LogP contribution in [0.4, 0.5) is 10.5 Å². The molecule has 0 aromatic heterocycles. The molecule has 1 fully saturated rings. The van der Waals surface area contributed by atoms with Gasteiger partial charge in [0.2, 0.25) is 11.8 Å². The van der Waals surface area contributed by atoms with E-state index in [1.807, 2.05) is 6.92 Å². The fourth-order valence-corrected chi connectivity index (χ4v) is 3.89. The maximum atomic E-state index is 12.8. The Hall–Kier alpha value is -2.48. The second-order valence-corrected chi connectivity index (χ2v) is 8.01. The van der Waals surface area contributed by atoms with E-state index >= 15 is 0 Å². The number of piperidine rings is 1. The Morgan fingerprint density at radius 1 is 1.23 bits per heavy atom. The number of ether oxygens (including phenoxy) is 2. The quantitative estimate of drug-likeness (QED) is 0.765. The van der Waals surface area contributed by atoms with Crippen molar-refractivity contribution in [3.63, 3.8) is 0 Å². The lowest BCUT2D eigenvalue weighted by atomic mass is 10.0. The maximum absolute atomic E-state index is 12.8. The highest BCUT2D eigenvalue weighted by atomic mass is 35.5. The standard InChI is InChI=1S/C21H28ClN3O5/c1-3-29-21(28)24-10-8-16(9-11-24)23-19(26)6-7-20(27)25-13-14(2)30-18-5-4-15(22)12-17(18)25/h4-5,12,14,16H,3,6-11,13H2,1-2H3,(H,23,26)/t14-/m1/s1. The molecular weight excluding hydrogens is 410 g/mol. The lowest BCUT2D eigenvalue weighted by Gasteiger charge is -2.34. The van der Waals surface area contributed by atoms with Gasteiger partial charge >= 0.3 is 6.09 Å². The molecule has 3 amide bonds. The van der Waals surface area contributed by atoms with Crippen molar-refractivity contribution in [3.05, 3.63) is 23.2 Å². The van der Waals surface area contributed by atoms with Crippen LogP contribution in [0.3, 0.4) is 0 Å². The Morgan fingerprint density at radius 2 is 1.97 bits per heavy atom. The zero-order valence-electron chi connectivity index (χ0n) is 17.4. The van der Waals surface area contributed by atoms with Crippen molar-refractivity contribution in [2.45, 2.75) is 51.7 Å². The fraction of sp³-hybridized carbons (Fsp3) is 0.571. The van der Waals surface area contributed by atoms with Gasteiger partial charge in [-0.1, -0.05) is 11.6 Å². The van der Waals surface area contributed by atoms with E-state index < -0.39 is 0 Å². The average Bonchev–Trinajstić information content (AvgIpc) is 2.72. The van der Waals surface area contributed by atoms with Crippen LogP contribution in [0, 0.1) is 0 Å². The van der Waals surface area contributed by atoms with Gasteiger partial charge in [0.15, 0.2) is 0 Å². The number of hydrogen-bond donors (Lipinski definition) is 1. The molecule has 2 aliphatic rings. The van der Waals surface area contributed by atoms with Crippen LogP contribution < -0.4 is 15.0 Å². The molecule has 164 valence electrons. The third-order valence-corrected chi connectivity index (χ3v) is 5.47. The number of amides is 3. The molecule has 0 aliphatic carbocycles. The molecule has 1 saturated heterocycles. The number of rotatable bonds is 5. The number of nitrogens with zero attached hydrogens (tertiary/aromatic N) is 2. The minimum Gasteiger partial charge on any atom is -0.487 e. The van der Waals surface area contributed by atoms with Crippen molar-refractivity contribution in [1.29, 1.82) is 0 Å². The summed E-state index contributed by atoms with van der Waals surface area (Å²) in [4.78, 5) is 40.2. The van der Waals surface area contributed by atoms with Crippen molar-refractivity contribution in [2.24, 2.45) is 0 Å². The van der Waals surface area contributed by atoms with Crippen LogP contribution in [0.2, 0.25) is 5.02 Å². The molecule has 0 unspecified atom stereocenters. The largest absolute Gasteiger partial charge is 0.487 e. The van der Waals surface area contributed by atoms with Crippen LogP contribution >= 0.6 is 11.6 Å². The molecule has 9 heteroatoms. The second-order valence-electron chi connectivity index (χ2n) is 7.57. The van der Waals surface area contributed by atoms with Crippen LogP contribution in [0.1, 0.15) is 39.5 Å². The molecule has 1 atom stereocenters. The summed E-state index contributed by atoms with van der Waals surface area (Å²) >= 11 is 6.08. The summed E-state index contributed by atoms with van der Waals surface area (Å²) in [6.07, 6.45) is 1.11. The van der Waals surface area contributed by atoms with E-state index in [-0.39, 0.29) is 42.9 Å². The van der Waals surface area contributed by atoms with Crippen molar-refractivity contribution in [2.75, 3.05) is 31.1 Å². The summed E-state index contributed by atoms with van der Waals surface area (Å²) in [6, 6.07) is 5.18. The highest BCUT2D eigenvalue weighted by molar-refractivity contribution is 6.31. The molecule has 0 saturated carbocycles. The summed E-state index contributed by atoms with van der Waals surface area (Å²) in [6.45, 7) is 5.53. The zero-order chi connectivity index (χ0) is 21.7. The van der Waals surface area contributed by atoms with Crippen molar-refractivity contribution >= 4 is 35.2 Å². The Morgan fingerprint density at radius 3 is 2.67 bits per heavy atom. The summed E-state index contributed by atoms with van der Waals surface area (Å²) < 4.78 is 10.8. The molecule has 0 radical (unpaired) electrons. The normalized spacial score (nSPS) is 19.0. The topological polar surface area (TPSA) is 88.2 Å². The molecule has 1 N–H and O–H groups in total. The average molecular weight is 438 g/mol. The van der Waals surface area contributed by atoms with Gasteiger partial charge in [-0.25, -0.2) is 4.79 Å². The summed E-state index contributed by atoms with van der Waals surface area (Å²) in [5, 5.41) is 3.50. The second kappa shape index (κ2) is 10.0. The minimum atomic E-state index is -0.312. The number of likely N-dealkylation sites (tertiary alicyclic amines) is 1. The van der Waals surface area contributed by atoms with Crippen LogP contribution in [0.15, 0.2) is 18.2 Å². The van der Waals surface area contributed by atoms with E-state index in [0.717, 1.165) is 0 Å². The minimum absolute atomic E-state index is 0.00113. The molecular formula is C21H28ClN3O5. The molecule has 1 aromatic carbocycles. The van der Waals surface area contributed by atoms with E-state index in [1.165, 1.54) is 0 Å². The first-order chi connectivity index (χ1) is 14.4. The van der Waals surface area contributed by atoms with Crippen molar-refractivity contribution < 1.29 is 23.9 Å². The highest BCUT2D eigenvalue weighted by Crippen LogP contribution is 2.36. The number of carbonyl (C=O) groups excluding carboxylic acids is 3. The van der Waals surface area contributed by atoms with Gasteiger partial charge in [0.1, 0.15) is 11.9 Å². The Balaban J connectivity index is 1.47. The first kappa shape index (κ1) is 22.2. The third kappa shape index (κ3) is 5.56. The van der Waals surface area contributed by atoms with Crippen LogP contribution in [-0.2, 0) is 14.3 Å². The van der Waals surface area contributed by atoms with E-state index in [9.17, 15) is 14.4 Å². The van der Waals surface area contributed by atoms with Gasteiger partial charge in [-0.2, -0.15) is 0 Å². The van der Waals surface area contributed by atoms with Gasteiger partial charge in [-0.15, -0.1) is 0 Å². The van der Waals surface area contributed by atoms with Gasteiger partial charge < -0.3 is 24.6 Å². The van der Waals surface area contributed by atoms with E-state index in [2.05, 4.69) is 5.32 Å². The lowest BCUT2D eigenvalue weighted by Crippen LogP contribution is -2.47. The predicted molar refractivity (Wildman–Crippen MR) is 113 cm³/mol. The molecule has 2 aliphatic heterocycles. The number of hydrogen-bond acceptors (Lipinski definition) is 5. The number of fused-ring (bicyclic) bond motifs is 1. The van der Waals surface area contributed by atoms with Crippen LogP contribution in [0.25, 0.3) is 0 Å². The molecule has 1 aromatic rings. The van der Waals surface area contributed by atoms with Crippen molar-refractivity contribution in [1.82, 2.24) is 10.2 Å².